The Morgan fingerprint density at radius 1 is 1.55 bits per heavy atom. The van der Waals surface area contributed by atoms with Gasteiger partial charge in [-0.2, -0.15) is 0 Å². The molecule has 0 radical (unpaired) electrons. The van der Waals surface area contributed by atoms with Crippen LogP contribution in [0, 0.1) is 0 Å². The summed E-state index contributed by atoms with van der Waals surface area (Å²) >= 11 is 1.83. The molecule has 0 saturated carbocycles. The normalized spacial score (nSPS) is 21.1. The highest BCUT2D eigenvalue weighted by atomic mass is 32.1. The zero-order valence-corrected chi connectivity index (χ0v) is 14.1. The summed E-state index contributed by atoms with van der Waals surface area (Å²) in [5.74, 6) is 1.07. The number of aromatic nitrogens is 2. The number of nitrogens with one attached hydrogen (secondary N) is 1. The van der Waals surface area contributed by atoms with Gasteiger partial charge in [0, 0.05) is 44.0 Å². The largest absolute Gasteiger partial charge is 0.376 e. The van der Waals surface area contributed by atoms with Crippen molar-refractivity contribution < 1.29 is 4.74 Å². The number of morpholine rings is 1. The summed E-state index contributed by atoms with van der Waals surface area (Å²) in [6.07, 6.45) is 4.14. The maximum absolute atomic E-state index is 5.68. The second kappa shape index (κ2) is 7.37. The van der Waals surface area contributed by atoms with E-state index in [9.17, 15) is 0 Å². The number of thiophene rings is 1. The van der Waals surface area contributed by atoms with Crippen LogP contribution in [0.4, 0.5) is 0 Å². The molecular formula is C16H24N4OS. The van der Waals surface area contributed by atoms with Gasteiger partial charge in [0.1, 0.15) is 5.82 Å². The maximum Gasteiger partial charge on any atom is 0.122 e. The summed E-state index contributed by atoms with van der Waals surface area (Å²) in [6, 6.07) is 4.78. The van der Waals surface area contributed by atoms with Crippen LogP contribution in [-0.2, 0) is 18.3 Å². The van der Waals surface area contributed by atoms with Crippen LogP contribution in [-0.4, -0.2) is 46.8 Å². The van der Waals surface area contributed by atoms with Crippen molar-refractivity contribution in [2.45, 2.75) is 25.6 Å². The predicted molar refractivity (Wildman–Crippen MR) is 89.0 cm³/mol. The molecule has 2 aromatic rings. The first-order valence-corrected chi connectivity index (χ1v) is 8.68. The summed E-state index contributed by atoms with van der Waals surface area (Å²) < 4.78 is 7.74. The topological polar surface area (TPSA) is 42.3 Å². The minimum Gasteiger partial charge on any atom is -0.376 e. The number of imidazole rings is 1. The lowest BCUT2D eigenvalue weighted by molar-refractivity contribution is -0.0340. The Labute approximate surface area is 135 Å². The molecule has 2 atom stereocenters. The zero-order valence-electron chi connectivity index (χ0n) is 13.2. The molecule has 1 N–H and O–H groups in total. The average molecular weight is 320 g/mol. The fourth-order valence-electron chi connectivity index (χ4n) is 2.91. The minimum atomic E-state index is 0.311. The lowest BCUT2D eigenvalue weighted by Crippen LogP contribution is -2.45. The van der Waals surface area contributed by atoms with E-state index in [-0.39, 0.29) is 0 Å². The summed E-state index contributed by atoms with van der Waals surface area (Å²) in [5.41, 5.74) is 0. The first kappa shape index (κ1) is 15.7. The summed E-state index contributed by atoms with van der Waals surface area (Å²) in [5, 5.41) is 5.73. The Hall–Kier alpha value is -1.21. The molecule has 0 spiro atoms. The molecule has 22 heavy (non-hydrogen) atoms. The van der Waals surface area contributed by atoms with Crippen molar-refractivity contribution in [3.63, 3.8) is 0 Å². The number of ether oxygens (including phenoxy) is 1. The van der Waals surface area contributed by atoms with Crippen molar-refractivity contribution >= 4 is 11.3 Å². The standard InChI is InChI=1S/C16H24N4OS/c1-13-12-20(7-8-21-13)14(15-4-3-9-22-15)10-17-11-16-18-5-6-19(16)2/h3-6,9,13-14,17H,7-8,10-12H2,1-2H3/t13-,14+/m1/s1. The highest BCUT2D eigenvalue weighted by Crippen LogP contribution is 2.26. The molecule has 0 bridgehead atoms. The molecule has 0 unspecified atom stereocenters. The highest BCUT2D eigenvalue weighted by Gasteiger charge is 2.26. The molecule has 5 nitrogen and oxygen atoms in total. The molecule has 0 aromatic carbocycles. The fraction of sp³-hybridized carbons (Fsp3) is 0.562. The smallest absolute Gasteiger partial charge is 0.122 e. The van der Waals surface area contributed by atoms with Crippen LogP contribution in [0.3, 0.4) is 0 Å². The predicted octanol–water partition coefficient (Wildman–Crippen LogP) is 2.03. The van der Waals surface area contributed by atoms with Gasteiger partial charge in [-0.05, 0) is 18.4 Å². The van der Waals surface area contributed by atoms with E-state index < -0.39 is 0 Å². The van der Waals surface area contributed by atoms with Gasteiger partial charge in [-0.15, -0.1) is 11.3 Å². The van der Waals surface area contributed by atoms with Gasteiger partial charge in [0.05, 0.1) is 25.3 Å². The van der Waals surface area contributed by atoms with Gasteiger partial charge in [0.15, 0.2) is 0 Å². The van der Waals surface area contributed by atoms with Gasteiger partial charge in [-0.1, -0.05) is 6.07 Å². The van der Waals surface area contributed by atoms with Crippen LogP contribution in [0.1, 0.15) is 23.7 Å². The highest BCUT2D eigenvalue weighted by molar-refractivity contribution is 7.10. The van der Waals surface area contributed by atoms with Gasteiger partial charge in [-0.3, -0.25) is 4.90 Å². The Kier molecular flexibility index (Phi) is 5.25. The van der Waals surface area contributed by atoms with E-state index in [1.165, 1.54) is 4.88 Å². The zero-order chi connectivity index (χ0) is 15.4. The van der Waals surface area contributed by atoms with Crippen molar-refractivity contribution in [1.29, 1.82) is 0 Å². The molecule has 3 heterocycles. The number of aryl methyl sites for hydroxylation is 1. The Balaban J connectivity index is 1.63. The van der Waals surface area contributed by atoms with Crippen molar-refractivity contribution in [1.82, 2.24) is 19.8 Å². The Bertz CT molecular complexity index is 568. The van der Waals surface area contributed by atoms with E-state index in [1.54, 1.807) is 0 Å². The number of rotatable bonds is 6. The molecule has 1 fully saturated rings. The number of nitrogens with zero attached hydrogens (tertiary/aromatic N) is 3. The van der Waals surface area contributed by atoms with Crippen LogP contribution in [0.15, 0.2) is 29.9 Å². The third-order valence-electron chi connectivity index (χ3n) is 4.13. The second-order valence-corrected chi connectivity index (χ2v) is 6.77. The first-order chi connectivity index (χ1) is 10.7. The van der Waals surface area contributed by atoms with Crippen LogP contribution >= 0.6 is 11.3 Å². The van der Waals surface area contributed by atoms with Crippen LogP contribution in [0.25, 0.3) is 0 Å². The molecule has 0 amide bonds. The molecule has 3 rings (SSSR count). The fourth-order valence-corrected chi connectivity index (χ4v) is 3.77. The molecule has 120 valence electrons. The van der Waals surface area contributed by atoms with E-state index in [2.05, 4.69) is 44.2 Å². The number of hydrogen-bond donors (Lipinski definition) is 1. The van der Waals surface area contributed by atoms with Gasteiger partial charge in [-0.25, -0.2) is 4.98 Å². The molecule has 2 aromatic heterocycles. The van der Waals surface area contributed by atoms with Gasteiger partial charge in [0.2, 0.25) is 0 Å². The van der Waals surface area contributed by atoms with Crippen LogP contribution in [0.2, 0.25) is 0 Å². The van der Waals surface area contributed by atoms with Crippen LogP contribution < -0.4 is 5.32 Å². The lowest BCUT2D eigenvalue weighted by Gasteiger charge is -2.37. The Morgan fingerprint density at radius 3 is 3.14 bits per heavy atom. The van der Waals surface area contributed by atoms with E-state index >= 15 is 0 Å². The first-order valence-electron chi connectivity index (χ1n) is 7.80. The van der Waals surface area contributed by atoms with Crippen molar-refractivity contribution in [2.75, 3.05) is 26.2 Å². The molecule has 1 aliphatic rings. The second-order valence-electron chi connectivity index (χ2n) is 5.79. The quantitative estimate of drug-likeness (QED) is 0.884. The molecule has 6 heteroatoms. The average Bonchev–Trinajstić information content (AvgIpc) is 3.16. The minimum absolute atomic E-state index is 0.311. The molecule has 1 saturated heterocycles. The maximum atomic E-state index is 5.68. The SMILES string of the molecule is C[C@@H]1CN([C@@H](CNCc2nccn2C)c2cccs2)CCO1. The van der Waals surface area contributed by atoms with E-state index in [0.717, 1.165) is 38.6 Å². The third kappa shape index (κ3) is 3.76. The summed E-state index contributed by atoms with van der Waals surface area (Å²) in [4.78, 5) is 8.32. The van der Waals surface area contributed by atoms with Gasteiger partial charge in [0.25, 0.3) is 0 Å². The van der Waals surface area contributed by atoms with Crippen molar-refractivity contribution in [2.24, 2.45) is 7.05 Å². The van der Waals surface area contributed by atoms with Crippen molar-refractivity contribution in [3.8, 4) is 0 Å². The Morgan fingerprint density at radius 2 is 2.45 bits per heavy atom. The number of hydrogen-bond acceptors (Lipinski definition) is 5. The summed E-state index contributed by atoms with van der Waals surface area (Å²) in [6.45, 7) is 6.69. The van der Waals surface area contributed by atoms with Gasteiger partial charge >= 0.3 is 0 Å². The third-order valence-corrected chi connectivity index (χ3v) is 5.10. The lowest BCUT2D eigenvalue weighted by atomic mass is 10.1. The summed E-state index contributed by atoms with van der Waals surface area (Å²) in [7, 11) is 2.03. The molecular weight excluding hydrogens is 296 g/mol. The van der Waals surface area contributed by atoms with E-state index in [4.69, 9.17) is 4.74 Å². The van der Waals surface area contributed by atoms with Crippen LogP contribution in [0.5, 0.6) is 0 Å². The van der Waals surface area contributed by atoms with E-state index in [0.29, 0.717) is 12.1 Å². The van der Waals surface area contributed by atoms with Crippen molar-refractivity contribution in [3.05, 3.63) is 40.6 Å². The monoisotopic (exact) mass is 320 g/mol. The molecule has 1 aliphatic heterocycles. The van der Waals surface area contributed by atoms with Gasteiger partial charge < -0.3 is 14.6 Å². The van der Waals surface area contributed by atoms with E-state index in [1.807, 2.05) is 30.8 Å². The molecule has 0 aliphatic carbocycles.